The quantitative estimate of drug-likeness (QED) is 0.156. The van der Waals surface area contributed by atoms with Gasteiger partial charge in [-0.3, -0.25) is 0 Å². The van der Waals surface area contributed by atoms with E-state index in [-0.39, 0.29) is 14.9 Å². The van der Waals surface area contributed by atoms with E-state index in [0.29, 0.717) is 11.1 Å². The molecule has 0 bridgehead atoms. The molecule has 0 spiro atoms. The third-order valence-electron chi connectivity index (χ3n) is 8.13. The van der Waals surface area contributed by atoms with E-state index in [2.05, 4.69) is 89.7 Å². The molecule has 0 heterocycles. The molecule has 4 heteroatoms. The molecule has 2 aromatic rings. The van der Waals surface area contributed by atoms with Gasteiger partial charge in [0.1, 0.15) is 0 Å². The molecule has 2 aliphatic rings. The fourth-order valence-electron chi connectivity index (χ4n) is 6.73. The van der Waals surface area contributed by atoms with Crippen LogP contribution < -0.4 is 0 Å². The summed E-state index contributed by atoms with van der Waals surface area (Å²) in [5.41, 5.74) is 13.6. The summed E-state index contributed by atoms with van der Waals surface area (Å²) in [6, 6.07) is 15.4. The van der Waals surface area contributed by atoms with Gasteiger partial charge in [-0.05, 0) is 61.1 Å². The average Bonchev–Trinajstić information content (AvgIpc) is 3.32. The Kier molecular flexibility index (Phi) is 14.3. The van der Waals surface area contributed by atoms with E-state index >= 15 is 0 Å². The van der Waals surface area contributed by atoms with Crippen molar-refractivity contribution in [1.29, 1.82) is 0 Å². The summed E-state index contributed by atoms with van der Waals surface area (Å²) in [5.74, 6) is 0. The van der Waals surface area contributed by atoms with E-state index in [1.807, 2.05) is 0 Å². The molecule has 196 valence electrons. The Balaban J connectivity index is 0.00000123. The summed E-state index contributed by atoms with van der Waals surface area (Å²) in [6.45, 7) is 14.5. The second kappa shape index (κ2) is 15.3. The van der Waals surface area contributed by atoms with Crippen molar-refractivity contribution in [2.45, 2.75) is 90.4 Å². The molecular formula is C32H46Cl2SiZr. The molecule has 36 heavy (non-hydrogen) atoms. The normalized spacial score (nSPS) is 18.7. The zero-order chi connectivity index (χ0) is 24.9. The number of hydrogen-bond donors (Lipinski definition) is 0. The molecule has 0 aliphatic heterocycles. The number of hydrogen-bond acceptors (Lipinski definition) is 0. The monoisotopic (exact) mass is 618 g/mol. The van der Waals surface area contributed by atoms with Gasteiger partial charge in [0.05, 0.1) is 8.07 Å². The van der Waals surface area contributed by atoms with Crippen molar-refractivity contribution in [3.05, 3.63) is 95.8 Å². The van der Waals surface area contributed by atoms with E-state index in [9.17, 15) is 0 Å². The van der Waals surface area contributed by atoms with Crippen molar-refractivity contribution in [2.75, 3.05) is 0 Å². The first kappa shape index (κ1) is 33.6. The molecule has 0 nitrogen and oxygen atoms in total. The van der Waals surface area contributed by atoms with Gasteiger partial charge in [-0.2, -0.15) is 0 Å². The van der Waals surface area contributed by atoms with E-state index in [4.69, 9.17) is 17.0 Å². The summed E-state index contributed by atoms with van der Waals surface area (Å²) in [4.78, 5) is 0. The van der Waals surface area contributed by atoms with Crippen molar-refractivity contribution in [3.8, 4) is 0 Å². The zero-order valence-electron chi connectivity index (χ0n) is 23.8. The van der Waals surface area contributed by atoms with Crippen molar-refractivity contribution < 1.29 is 20.8 Å². The maximum absolute atomic E-state index is 4.93. The van der Waals surface area contributed by atoms with Gasteiger partial charge in [-0.25, -0.2) is 0 Å². The van der Waals surface area contributed by atoms with Crippen LogP contribution in [0.1, 0.15) is 97.3 Å². The van der Waals surface area contributed by atoms with Crippen molar-refractivity contribution >= 4 is 37.3 Å². The topological polar surface area (TPSA) is 0 Å². The predicted molar refractivity (Wildman–Crippen MR) is 165 cm³/mol. The Labute approximate surface area is 242 Å². The van der Waals surface area contributed by atoms with Crippen LogP contribution in [-0.2, 0) is 20.8 Å². The van der Waals surface area contributed by atoms with Crippen LogP contribution >= 0.6 is 17.0 Å². The average molecular weight is 621 g/mol. The number of unbranched alkanes of at least 4 members (excludes halogenated alkanes) is 4. The molecular weight excluding hydrogens is 575 g/mol. The molecule has 0 radical (unpaired) electrons. The number of rotatable bonds is 8. The SMILES string of the molecule is CCCCCCC[Si](C)(C1C(C)=Cc2c(C)cccc21)C1C(C)=Cc2c(C)cccc21.[CH3-].[CH3-].[Cl][Zr+2][Cl]. The molecule has 2 atom stereocenters. The predicted octanol–water partition coefficient (Wildman–Crippen LogP) is 11.4. The molecule has 2 aliphatic carbocycles. The molecule has 0 aromatic heterocycles. The third kappa shape index (κ3) is 6.97. The Morgan fingerprint density at radius 2 is 1.14 bits per heavy atom. The van der Waals surface area contributed by atoms with Gasteiger partial charge in [0, 0.05) is 11.1 Å². The maximum atomic E-state index is 4.93. The Morgan fingerprint density at radius 3 is 1.56 bits per heavy atom. The first-order valence-electron chi connectivity index (χ1n) is 12.8. The van der Waals surface area contributed by atoms with E-state index < -0.39 is 28.9 Å². The second-order valence-corrected chi connectivity index (χ2v) is 18.9. The summed E-state index contributed by atoms with van der Waals surface area (Å²) >= 11 is -0.826. The van der Waals surface area contributed by atoms with Crippen LogP contribution in [0.4, 0.5) is 0 Å². The zero-order valence-corrected chi connectivity index (χ0v) is 28.7. The van der Waals surface area contributed by atoms with Crippen molar-refractivity contribution in [1.82, 2.24) is 0 Å². The van der Waals surface area contributed by atoms with Crippen LogP contribution in [0.15, 0.2) is 47.5 Å². The fraction of sp³-hybridized carbons (Fsp3) is 0.438. The number of halogens is 2. The summed E-state index contributed by atoms with van der Waals surface area (Å²) in [6.07, 6.45) is 11.9. The molecule has 4 rings (SSSR count). The van der Waals surface area contributed by atoms with Gasteiger partial charge in [0.25, 0.3) is 0 Å². The van der Waals surface area contributed by atoms with Crippen LogP contribution in [-0.4, -0.2) is 8.07 Å². The molecule has 0 N–H and O–H groups in total. The number of benzene rings is 2. The molecule has 0 amide bonds. The Hall–Kier alpha value is -0.400. The first-order valence-corrected chi connectivity index (χ1v) is 22.0. The van der Waals surface area contributed by atoms with E-state index in [1.54, 1.807) is 22.3 Å². The molecule has 2 aromatic carbocycles. The number of allylic oxidation sites excluding steroid dienone is 2. The number of fused-ring (bicyclic) bond motifs is 2. The van der Waals surface area contributed by atoms with Crippen LogP contribution in [0, 0.1) is 28.7 Å². The summed E-state index contributed by atoms with van der Waals surface area (Å²) in [5, 5.41) is 0. The van der Waals surface area contributed by atoms with Gasteiger partial charge in [0.15, 0.2) is 0 Å². The van der Waals surface area contributed by atoms with Gasteiger partial charge >= 0.3 is 37.9 Å². The van der Waals surface area contributed by atoms with E-state index in [1.165, 1.54) is 60.4 Å². The third-order valence-corrected chi connectivity index (χ3v) is 13.7. The van der Waals surface area contributed by atoms with Crippen molar-refractivity contribution in [2.24, 2.45) is 0 Å². The van der Waals surface area contributed by atoms with Gasteiger partial charge in [0.2, 0.25) is 0 Å². The van der Waals surface area contributed by atoms with Gasteiger partial charge in [-0.15, -0.1) is 0 Å². The van der Waals surface area contributed by atoms with Crippen LogP contribution in [0.5, 0.6) is 0 Å². The van der Waals surface area contributed by atoms with Crippen LogP contribution in [0.2, 0.25) is 12.6 Å². The van der Waals surface area contributed by atoms with Crippen molar-refractivity contribution in [3.63, 3.8) is 0 Å². The second-order valence-electron chi connectivity index (χ2n) is 10.5. The Morgan fingerprint density at radius 1 is 0.722 bits per heavy atom. The minimum absolute atomic E-state index is 0. The summed E-state index contributed by atoms with van der Waals surface area (Å²) < 4.78 is 0. The first-order chi connectivity index (χ1) is 16.3. The Bertz CT molecular complexity index is 983. The number of aryl methyl sites for hydroxylation is 2. The van der Waals surface area contributed by atoms with Gasteiger partial charge in [-0.1, -0.05) is 111 Å². The standard InChI is InChI=1S/C30H40Si.2CH3.2ClH.Zr/c1-7-8-9-10-11-18-31(6,29-23(4)19-27-21(2)14-12-16-25(27)29)30-24(5)20-28-22(3)15-13-17-26(28)30;;;;;/h12-17,19-20,29-30H,7-11,18H2,1-6H3;2*1H3;2*1H;/q;2*-1;;;+4/p-2. The molecule has 2 unspecified atom stereocenters. The van der Waals surface area contributed by atoms with E-state index in [0.717, 1.165) is 0 Å². The van der Waals surface area contributed by atoms with Crippen LogP contribution in [0.25, 0.3) is 12.2 Å². The fourth-order valence-corrected chi connectivity index (χ4v) is 12.8. The molecule has 0 fully saturated rings. The molecule has 0 saturated heterocycles. The summed E-state index contributed by atoms with van der Waals surface area (Å²) in [7, 11) is 8.11. The van der Waals surface area contributed by atoms with Gasteiger partial charge < -0.3 is 14.9 Å². The minimum atomic E-state index is -1.75. The molecule has 0 saturated carbocycles. The van der Waals surface area contributed by atoms with Crippen LogP contribution in [0.3, 0.4) is 0 Å².